The van der Waals surface area contributed by atoms with E-state index in [0.29, 0.717) is 6.61 Å². The molecule has 0 atom stereocenters. The van der Waals surface area contributed by atoms with Gasteiger partial charge in [-0.15, -0.1) is 0 Å². The van der Waals surface area contributed by atoms with E-state index < -0.39 is 0 Å². The number of likely N-dealkylation sites (tertiary alicyclic amines) is 1. The Balaban J connectivity index is 1.18. The molecule has 33 heavy (non-hydrogen) atoms. The fourth-order valence-electron chi connectivity index (χ4n) is 4.04. The monoisotopic (exact) mass is 441 g/mol. The predicted octanol–water partition coefficient (Wildman–Crippen LogP) is 4.76. The lowest BCUT2D eigenvalue weighted by Gasteiger charge is -2.32. The Kier molecular flexibility index (Phi) is 7.88. The van der Waals surface area contributed by atoms with E-state index in [1.807, 2.05) is 48.5 Å². The zero-order valence-corrected chi connectivity index (χ0v) is 19.1. The Hall–Kier alpha value is -3.44. The van der Waals surface area contributed by atoms with Crippen molar-refractivity contribution in [2.45, 2.75) is 39.0 Å². The minimum atomic E-state index is -0.0392. The van der Waals surface area contributed by atoms with E-state index in [9.17, 15) is 4.79 Å². The van der Waals surface area contributed by atoms with E-state index in [0.717, 1.165) is 49.5 Å². The predicted molar refractivity (Wildman–Crippen MR) is 132 cm³/mol. The van der Waals surface area contributed by atoms with Gasteiger partial charge in [0.2, 0.25) is 5.91 Å². The minimum absolute atomic E-state index is 0.0392. The summed E-state index contributed by atoms with van der Waals surface area (Å²) in [5.74, 6) is 0.738. The number of hydrogen-bond acceptors (Lipinski definition) is 4. The molecule has 1 aliphatic rings. The first-order valence-corrected chi connectivity index (χ1v) is 11.5. The molecule has 1 saturated heterocycles. The van der Waals surface area contributed by atoms with E-state index in [-0.39, 0.29) is 11.9 Å². The molecule has 1 amide bonds. The van der Waals surface area contributed by atoms with Crippen LogP contribution < -0.4 is 10.1 Å². The second kappa shape index (κ2) is 11.4. The van der Waals surface area contributed by atoms with Gasteiger partial charge in [0.05, 0.1) is 5.69 Å². The maximum atomic E-state index is 12.4. The number of hydrogen-bond donors (Lipinski definition) is 1. The molecule has 2 aromatic carbocycles. The van der Waals surface area contributed by atoms with Gasteiger partial charge >= 0.3 is 0 Å². The summed E-state index contributed by atoms with van der Waals surface area (Å²) in [6, 6.07) is 22.4. The maximum absolute atomic E-state index is 12.4. The molecule has 0 radical (unpaired) electrons. The Morgan fingerprint density at radius 2 is 1.91 bits per heavy atom. The summed E-state index contributed by atoms with van der Waals surface area (Å²) in [5.41, 5.74) is 4.50. The molecule has 0 unspecified atom stereocenters. The smallest absolute Gasteiger partial charge is 0.244 e. The van der Waals surface area contributed by atoms with Gasteiger partial charge in [-0.25, -0.2) is 0 Å². The van der Waals surface area contributed by atoms with Gasteiger partial charge in [-0.2, -0.15) is 0 Å². The van der Waals surface area contributed by atoms with Gasteiger partial charge in [0.1, 0.15) is 12.4 Å². The first-order chi connectivity index (χ1) is 16.1. The molecule has 5 nitrogen and oxygen atoms in total. The van der Waals surface area contributed by atoms with Crippen LogP contribution in [-0.4, -0.2) is 34.9 Å². The molecule has 0 aliphatic carbocycles. The number of pyridine rings is 1. The Morgan fingerprint density at radius 1 is 1.09 bits per heavy atom. The Labute approximate surface area is 196 Å². The minimum Gasteiger partial charge on any atom is -0.487 e. The maximum Gasteiger partial charge on any atom is 0.244 e. The number of nitrogens with zero attached hydrogens (tertiary/aromatic N) is 2. The van der Waals surface area contributed by atoms with E-state index in [1.165, 1.54) is 11.1 Å². The van der Waals surface area contributed by atoms with Crippen LogP contribution in [0.25, 0.3) is 6.08 Å². The van der Waals surface area contributed by atoms with Crippen LogP contribution in [0.2, 0.25) is 0 Å². The molecule has 1 aromatic heterocycles. The largest absolute Gasteiger partial charge is 0.487 e. The molecular formula is C28H31N3O2. The molecule has 0 bridgehead atoms. The van der Waals surface area contributed by atoms with Crippen molar-refractivity contribution < 1.29 is 9.53 Å². The number of carbonyl (C=O) groups excluding carboxylic acids is 1. The van der Waals surface area contributed by atoms with E-state index in [2.05, 4.69) is 46.4 Å². The van der Waals surface area contributed by atoms with Crippen LogP contribution >= 0.6 is 0 Å². The van der Waals surface area contributed by atoms with Crippen LogP contribution in [0.3, 0.4) is 0 Å². The summed E-state index contributed by atoms with van der Waals surface area (Å²) in [6.07, 6.45) is 7.17. The number of aromatic nitrogens is 1. The SMILES string of the molecule is Cc1cccc(CN2CCC(NC(=O)C=Cc3ccc(OCc4ccccn4)cc3)CC2)c1. The van der Waals surface area contributed by atoms with Gasteiger partial charge in [0.25, 0.3) is 0 Å². The highest BCUT2D eigenvalue weighted by atomic mass is 16.5. The number of aryl methyl sites for hydroxylation is 1. The van der Waals surface area contributed by atoms with Gasteiger partial charge in [0.15, 0.2) is 0 Å². The standard InChI is InChI=1S/C28H31N3O2/c1-22-5-4-6-24(19-22)20-31-17-14-25(15-18-31)30-28(32)13-10-23-8-11-27(12-9-23)33-21-26-7-2-3-16-29-26/h2-13,16,19,25H,14-15,17-18,20-21H2,1H3,(H,30,32). The molecule has 1 N–H and O–H groups in total. The second-order valence-electron chi connectivity index (χ2n) is 8.56. The lowest BCUT2D eigenvalue weighted by molar-refractivity contribution is -0.117. The van der Waals surface area contributed by atoms with Crippen molar-refractivity contribution in [1.29, 1.82) is 0 Å². The third-order valence-electron chi connectivity index (χ3n) is 5.84. The van der Waals surface area contributed by atoms with Crippen molar-refractivity contribution in [3.63, 3.8) is 0 Å². The Morgan fingerprint density at radius 3 is 2.64 bits per heavy atom. The molecule has 2 heterocycles. The van der Waals surface area contributed by atoms with E-state index in [1.54, 1.807) is 12.3 Å². The summed E-state index contributed by atoms with van der Waals surface area (Å²) in [4.78, 5) is 19.1. The highest BCUT2D eigenvalue weighted by Crippen LogP contribution is 2.16. The van der Waals surface area contributed by atoms with Gasteiger partial charge in [0, 0.05) is 37.9 Å². The zero-order valence-electron chi connectivity index (χ0n) is 19.1. The van der Waals surface area contributed by atoms with Crippen molar-refractivity contribution >= 4 is 12.0 Å². The summed E-state index contributed by atoms with van der Waals surface area (Å²) in [6.45, 7) is 5.54. The first-order valence-electron chi connectivity index (χ1n) is 11.5. The lowest BCUT2D eigenvalue weighted by atomic mass is 10.0. The third kappa shape index (κ3) is 7.29. The summed E-state index contributed by atoms with van der Waals surface area (Å²) in [5, 5.41) is 3.15. The molecule has 5 heteroatoms. The number of ether oxygens (including phenoxy) is 1. The Bertz CT molecular complexity index is 1060. The average Bonchev–Trinajstić information content (AvgIpc) is 2.84. The summed E-state index contributed by atoms with van der Waals surface area (Å²) < 4.78 is 5.76. The highest BCUT2D eigenvalue weighted by Gasteiger charge is 2.20. The molecule has 3 aromatic rings. The van der Waals surface area contributed by atoms with Crippen molar-refractivity contribution in [2.24, 2.45) is 0 Å². The normalized spacial score (nSPS) is 14.9. The third-order valence-corrected chi connectivity index (χ3v) is 5.84. The molecular weight excluding hydrogens is 410 g/mol. The number of amides is 1. The van der Waals surface area contributed by atoms with E-state index >= 15 is 0 Å². The molecule has 0 spiro atoms. The van der Waals surface area contributed by atoms with Crippen LogP contribution in [0.4, 0.5) is 0 Å². The first kappa shape index (κ1) is 22.7. The molecule has 1 aliphatic heterocycles. The van der Waals surface area contributed by atoms with Crippen molar-refractivity contribution in [3.8, 4) is 5.75 Å². The highest BCUT2D eigenvalue weighted by molar-refractivity contribution is 5.91. The van der Waals surface area contributed by atoms with Crippen LogP contribution in [-0.2, 0) is 17.9 Å². The molecule has 1 fully saturated rings. The number of rotatable bonds is 8. The van der Waals surface area contributed by atoms with Gasteiger partial charge in [-0.1, -0.05) is 48.0 Å². The van der Waals surface area contributed by atoms with Crippen LogP contribution in [0.15, 0.2) is 79.0 Å². The quantitative estimate of drug-likeness (QED) is 0.512. The summed E-state index contributed by atoms with van der Waals surface area (Å²) in [7, 11) is 0. The van der Waals surface area contributed by atoms with Crippen molar-refractivity contribution in [3.05, 3.63) is 101 Å². The number of nitrogens with one attached hydrogen (secondary N) is 1. The molecule has 0 saturated carbocycles. The zero-order chi connectivity index (χ0) is 22.9. The fraction of sp³-hybridized carbons (Fsp3) is 0.286. The summed E-state index contributed by atoms with van der Waals surface area (Å²) >= 11 is 0. The lowest BCUT2D eigenvalue weighted by Crippen LogP contribution is -2.43. The van der Waals surface area contributed by atoms with Gasteiger partial charge < -0.3 is 10.1 Å². The average molecular weight is 442 g/mol. The topological polar surface area (TPSA) is 54.5 Å². The van der Waals surface area contributed by atoms with Gasteiger partial charge in [-0.3, -0.25) is 14.7 Å². The molecule has 170 valence electrons. The fourth-order valence-corrected chi connectivity index (χ4v) is 4.04. The van der Waals surface area contributed by atoms with Gasteiger partial charge in [-0.05, 0) is 61.2 Å². The number of piperidine rings is 1. The van der Waals surface area contributed by atoms with E-state index in [4.69, 9.17) is 4.74 Å². The van der Waals surface area contributed by atoms with Crippen LogP contribution in [0.5, 0.6) is 5.75 Å². The van der Waals surface area contributed by atoms with Crippen LogP contribution in [0, 0.1) is 6.92 Å². The van der Waals surface area contributed by atoms with Crippen molar-refractivity contribution in [1.82, 2.24) is 15.2 Å². The van der Waals surface area contributed by atoms with Crippen molar-refractivity contribution in [2.75, 3.05) is 13.1 Å². The molecule has 4 rings (SSSR count). The second-order valence-corrected chi connectivity index (χ2v) is 8.56. The number of benzene rings is 2. The van der Waals surface area contributed by atoms with Crippen LogP contribution in [0.1, 0.15) is 35.2 Å². The number of carbonyl (C=O) groups is 1.